The van der Waals surface area contributed by atoms with Gasteiger partial charge in [0.15, 0.2) is 0 Å². The van der Waals surface area contributed by atoms with E-state index in [0.717, 1.165) is 28.5 Å². The van der Waals surface area contributed by atoms with Gasteiger partial charge in [0.05, 0.1) is 18.2 Å². The molecule has 0 N–H and O–H groups in total. The van der Waals surface area contributed by atoms with Gasteiger partial charge in [0.2, 0.25) is 0 Å². The highest BCUT2D eigenvalue weighted by molar-refractivity contribution is 9.10. The zero-order chi connectivity index (χ0) is 9.97. The molecule has 76 valence electrons. The van der Waals surface area contributed by atoms with E-state index in [1.807, 2.05) is 18.2 Å². The summed E-state index contributed by atoms with van der Waals surface area (Å²) >= 11 is 3.45. The van der Waals surface area contributed by atoms with E-state index in [2.05, 4.69) is 15.9 Å². The van der Waals surface area contributed by atoms with E-state index in [9.17, 15) is 0 Å². The fraction of sp³-hybridized carbons (Fsp3) is 0.455. The number of rotatable bonds is 4. The lowest BCUT2D eigenvalue weighted by Crippen LogP contribution is -1.99. The van der Waals surface area contributed by atoms with Crippen molar-refractivity contribution in [2.75, 3.05) is 13.7 Å². The molecule has 0 heterocycles. The quantitative estimate of drug-likeness (QED) is 0.824. The summed E-state index contributed by atoms with van der Waals surface area (Å²) in [6.45, 7) is 0.838. The Balaban J connectivity index is 2.01. The lowest BCUT2D eigenvalue weighted by molar-refractivity contribution is 0.297. The highest BCUT2D eigenvalue weighted by Gasteiger charge is 2.22. The maximum absolute atomic E-state index is 5.66. The number of ether oxygens (including phenoxy) is 2. The molecule has 1 saturated carbocycles. The Morgan fingerprint density at radius 2 is 2.21 bits per heavy atom. The van der Waals surface area contributed by atoms with Gasteiger partial charge in [0, 0.05) is 0 Å². The van der Waals surface area contributed by atoms with Crippen LogP contribution in [0.1, 0.15) is 12.8 Å². The Morgan fingerprint density at radius 1 is 1.43 bits per heavy atom. The van der Waals surface area contributed by atoms with E-state index >= 15 is 0 Å². The molecule has 0 aromatic heterocycles. The molecule has 3 heteroatoms. The Morgan fingerprint density at radius 3 is 2.79 bits per heavy atom. The van der Waals surface area contributed by atoms with Crippen molar-refractivity contribution in [3.05, 3.63) is 22.7 Å². The lowest BCUT2D eigenvalue weighted by Gasteiger charge is -2.08. The minimum Gasteiger partial charge on any atom is -0.497 e. The van der Waals surface area contributed by atoms with Gasteiger partial charge in [-0.05, 0) is 52.9 Å². The van der Waals surface area contributed by atoms with Gasteiger partial charge < -0.3 is 9.47 Å². The fourth-order valence-corrected chi connectivity index (χ4v) is 1.69. The first-order chi connectivity index (χ1) is 6.79. The Bertz CT molecular complexity index is 321. The summed E-state index contributed by atoms with van der Waals surface area (Å²) in [5, 5.41) is 0. The number of hydrogen-bond donors (Lipinski definition) is 0. The second kappa shape index (κ2) is 4.22. The van der Waals surface area contributed by atoms with Crippen molar-refractivity contribution in [2.24, 2.45) is 5.92 Å². The van der Waals surface area contributed by atoms with Gasteiger partial charge in [-0.25, -0.2) is 0 Å². The Hall–Kier alpha value is -0.700. The molecule has 0 unspecified atom stereocenters. The molecule has 0 saturated heterocycles. The molecule has 0 bridgehead atoms. The van der Waals surface area contributed by atoms with Crippen LogP contribution in [0.25, 0.3) is 0 Å². The summed E-state index contributed by atoms with van der Waals surface area (Å²) in [4.78, 5) is 0. The molecule has 1 aromatic carbocycles. The van der Waals surface area contributed by atoms with Gasteiger partial charge in [-0.1, -0.05) is 0 Å². The second-order valence-electron chi connectivity index (χ2n) is 3.55. The maximum atomic E-state index is 5.66. The lowest BCUT2D eigenvalue weighted by atomic mass is 10.3. The number of halogens is 1. The third kappa shape index (κ3) is 2.41. The molecule has 0 atom stereocenters. The molecule has 2 rings (SSSR count). The molecule has 0 aliphatic heterocycles. The molecule has 0 spiro atoms. The maximum Gasteiger partial charge on any atom is 0.133 e. The van der Waals surface area contributed by atoms with Crippen LogP contribution in [0.2, 0.25) is 0 Å². The largest absolute Gasteiger partial charge is 0.497 e. The van der Waals surface area contributed by atoms with E-state index in [1.54, 1.807) is 7.11 Å². The van der Waals surface area contributed by atoms with Gasteiger partial charge >= 0.3 is 0 Å². The standard InChI is InChI=1S/C11H13BrO2/c1-13-9-4-5-11(10(12)6-9)14-7-8-2-3-8/h4-6,8H,2-3,7H2,1H3. The molecule has 1 aliphatic carbocycles. The predicted octanol–water partition coefficient (Wildman–Crippen LogP) is 3.25. The first-order valence-corrected chi connectivity index (χ1v) is 5.55. The average molecular weight is 257 g/mol. The van der Waals surface area contributed by atoms with Crippen LogP contribution in [-0.2, 0) is 0 Å². The molecule has 0 radical (unpaired) electrons. The van der Waals surface area contributed by atoms with Crippen molar-refractivity contribution in [2.45, 2.75) is 12.8 Å². The van der Waals surface area contributed by atoms with E-state index in [1.165, 1.54) is 12.8 Å². The summed E-state index contributed by atoms with van der Waals surface area (Å²) < 4.78 is 11.7. The Labute approximate surface area is 92.3 Å². The zero-order valence-electron chi connectivity index (χ0n) is 8.13. The average Bonchev–Trinajstić information content (AvgIpc) is 2.99. The van der Waals surface area contributed by atoms with Crippen LogP contribution in [0.4, 0.5) is 0 Å². The van der Waals surface area contributed by atoms with E-state index in [-0.39, 0.29) is 0 Å². The van der Waals surface area contributed by atoms with Gasteiger partial charge in [0.25, 0.3) is 0 Å². The normalized spacial score (nSPS) is 15.3. The summed E-state index contributed by atoms with van der Waals surface area (Å²) in [6.07, 6.45) is 2.63. The van der Waals surface area contributed by atoms with Gasteiger partial charge in [-0.2, -0.15) is 0 Å². The van der Waals surface area contributed by atoms with Gasteiger partial charge in [-0.3, -0.25) is 0 Å². The molecule has 1 aliphatic rings. The summed E-state index contributed by atoms with van der Waals surface area (Å²) in [7, 11) is 1.66. The minimum absolute atomic E-state index is 0.781. The molecule has 0 amide bonds. The van der Waals surface area contributed by atoms with E-state index in [4.69, 9.17) is 9.47 Å². The fourth-order valence-electron chi connectivity index (χ4n) is 1.22. The first kappa shape index (κ1) is 9.84. The number of hydrogen-bond acceptors (Lipinski definition) is 2. The first-order valence-electron chi connectivity index (χ1n) is 4.76. The second-order valence-corrected chi connectivity index (χ2v) is 4.41. The van der Waals surface area contributed by atoms with Gasteiger partial charge in [-0.15, -0.1) is 0 Å². The van der Waals surface area contributed by atoms with Crippen molar-refractivity contribution in [3.8, 4) is 11.5 Å². The van der Waals surface area contributed by atoms with Crippen LogP contribution in [-0.4, -0.2) is 13.7 Å². The van der Waals surface area contributed by atoms with E-state index < -0.39 is 0 Å². The minimum atomic E-state index is 0.781. The summed E-state index contributed by atoms with van der Waals surface area (Å²) in [6, 6.07) is 5.76. The third-order valence-corrected chi connectivity index (χ3v) is 2.93. The SMILES string of the molecule is COc1ccc(OCC2CC2)c(Br)c1. The third-order valence-electron chi connectivity index (χ3n) is 2.31. The topological polar surface area (TPSA) is 18.5 Å². The van der Waals surface area contributed by atoms with Crippen LogP contribution in [0, 0.1) is 5.92 Å². The summed E-state index contributed by atoms with van der Waals surface area (Å²) in [5.74, 6) is 2.53. The molecule has 2 nitrogen and oxygen atoms in total. The summed E-state index contributed by atoms with van der Waals surface area (Å²) in [5.41, 5.74) is 0. The van der Waals surface area contributed by atoms with Crippen LogP contribution in [0.15, 0.2) is 22.7 Å². The molecular formula is C11H13BrO2. The van der Waals surface area contributed by atoms with Crippen molar-refractivity contribution in [1.29, 1.82) is 0 Å². The molecular weight excluding hydrogens is 244 g/mol. The van der Waals surface area contributed by atoms with Crippen LogP contribution in [0.3, 0.4) is 0 Å². The molecule has 1 fully saturated rings. The van der Waals surface area contributed by atoms with Crippen LogP contribution >= 0.6 is 15.9 Å². The molecule has 1 aromatic rings. The highest BCUT2D eigenvalue weighted by atomic mass is 79.9. The molecule has 14 heavy (non-hydrogen) atoms. The zero-order valence-corrected chi connectivity index (χ0v) is 9.71. The number of methoxy groups -OCH3 is 1. The van der Waals surface area contributed by atoms with Crippen LogP contribution in [0.5, 0.6) is 11.5 Å². The highest BCUT2D eigenvalue weighted by Crippen LogP contribution is 2.33. The van der Waals surface area contributed by atoms with Gasteiger partial charge in [0.1, 0.15) is 11.5 Å². The predicted molar refractivity (Wildman–Crippen MR) is 58.9 cm³/mol. The van der Waals surface area contributed by atoms with Crippen molar-refractivity contribution < 1.29 is 9.47 Å². The van der Waals surface area contributed by atoms with Crippen molar-refractivity contribution in [1.82, 2.24) is 0 Å². The van der Waals surface area contributed by atoms with Crippen LogP contribution < -0.4 is 9.47 Å². The van der Waals surface area contributed by atoms with E-state index in [0.29, 0.717) is 0 Å². The van der Waals surface area contributed by atoms with Crippen molar-refractivity contribution >= 4 is 15.9 Å². The van der Waals surface area contributed by atoms with Crippen molar-refractivity contribution in [3.63, 3.8) is 0 Å². The number of benzene rings is 1. The monoisotopic (exact) mass is 256 g/mol. The smallest absolute Gasteiger partial charge is 0.133 e. The Kier molecular flexibility index (Phi) is 2.96.